The normalized spacial score (nSPS) is 12.0. The first-order valence-electron chi connectivity index (χ1n) is 7.80. The van der Waals surface area contributed by atoms with E-state index in [1.807, 2.05) is 35.0 Å². The van der Waals surface area contributed by atoms with Gasteiger partial charge in [0.1, 0.15) is 10.8 Å². The molecule has 3 rings (SSSR count). The van der Waals surface area contributed by atoms with Gasteiger partial charge in [0.05, 0.1) is 6.54 Å². The van der Waals surface area contributed by atoms with Crippen LogP contribution in [0.2, 0.25) is 5.02 Å². The lowest BCUT2D eigenvalue weighted by Crippen LogP contribution is -2.26. The first-order valence-corrected chi connectivity index (χ1v) is 10.4. The number of amides is 1. The van der Waals surface area contributed by atoms with Crippen LogP contribution < -0.4 is 5.32 Å². The molecule has 0 fully saturated rings. The molecule has 1 N–H and O–H groups in total. The fourth-order valence-electron chi connectivity index (χ4n) is 2.46. The maximum Gasteiger partial charge on any atom is 0.252 e. The van der Waals surface area contributed by atoms with E-state index in [1.165, 1.54) is 18.4 Å². The Hall–Kier alpha value is -1.87. The molecule has 0 aliphatic carbocycles. The highest BCUT2D eigenvalue weighted by Gasteiger charge is 2.19. The van der Waals surface area contributed by atoms with Crippen LogP contribution in [0.4, 0.5) is 0 Å². The van der Waals surface area contributed by atoms with Crippen LogP contribution in [-0.2, 0) is 27.9 Å². The maximum atomic E-state index is 12.2. The number of rotatable bonds is 6. The van der Waals surface area contributed by atoms with Gasteiger partial charge in [0.2, 0.25) is 5.91 Å². The molecule has 1 aromatic carbocycles. The van der Waals surface area contributed by atoms with Crippen molar-refractivity contribution in [2.24, 2.45) is 0 Å². The maximum absolute atomic E-state index is 12.2. The smallest absolute Gasteiger partial charge is 0.252 e. The van der Waals surface area contributed by atoms with Gasteiger partial charge in [-0.3, -0.25) is 4.79 Å². The molecule has 0 aliphatic heterocycles. The minimum absolute atomic E-state index is 0.159. The summed E-state index contributed by atoms with van der Waals surface area (Å²) in [6, 6.07) is 10.7. The van der Waals surface area contributed by atoms with Gasteiger partial charge in [-0.2, -0.15) is 0 Å². The molecule has 0 saturated heterocycles. The van der Waals surface area contributed by atoms with Crippen molar-refractivity contribution in [1.82, 2.24) is 14.2 Å². The van der Waals surface area contributed by atoms with Crippen LogP contribution in [0.25, 0.3) is 10.9 Å². The Balaban J connectivity index is 1.64. The number of halogens is 1. The fourth-order valence-corrected chi connectivity index (χ4v) is 5.09. The molecule has 0 unspecified atom stereocenters. The van der Waals surface area contributed by atoms with Gasteiger partial charge in [0.25, 0.3) is 10.0 Å². The van der Waals surface area contributed by atoms with Gasteiger partial charge in [-0.1, -0.05) is 17.7 Å². The number of fused-ring (bicyclic) bond motifs is 1. The Morgan fingerprint density at radius 1 is 1.23 bits per heavy atom. The summed E-state index contributed by atoms with van der Waals surface area (Å²) in [6.07, 6.45) is 1.84. The van der Waals surface area contributed by atoms with Crippen molar-refractivity contribution in [3.05, 3.63) is 52.5 Å². The van der Waals surface area contributed by atoms with Crippen LogP contribution in [-0.4, -0.2) is 37.3 Å². The zero-order valence-corrected chi connectivity index (χ0v) is 16.7. The minimum Gasteiger partial charge on any atom is -0.350 e. The zero-order valence-electron chi connectivity index (χ0n) is 14.3. The Kier molecular flexibility index (Phi) is 5.38. The van der Waals surface area contributed by atoms with Crippen LogP contribution in [0.3, 0.4) is 0 Å². The molecular formula is C17H18ClN3O3S2. The molecule has 6 nitrogen and oxygen atoms in total. The van der Waals surface area contributed by atoms with E-state index in [0.29, 0.717) is 5.02 Å². The summed E-state index contributed by atoms with van der Waals surface area (Å²) in [4.78, 5) is 13.0. The van der Waals surface area contributed by atoms with E-state index in [-0.39, 0.29) is 23.2 Å². The lowest BCUT2D eigenvalue weighted by Gasteiger charge is -2.08. The Morgan fingerprint density at radius 3 is 2.73 bits per heavy atom. The molecular weight excluding hydrogens is 394 g/mol. The number of benzene rings is 1. The monoisotopic (exact) mass is 411 g/mol. The highest BCUT2D eigenvalue weighted by molar-refractivity contribution is 7.91. The van der Waals surface area contributed by atoms with Crippen molar-refractivity contribution in [3.63, 3.8) is 0 Å². The number of aromatic nitrogens is 1. The second-order valence-electron chi connectivity index (χ2n) is 5.93. The summed E-state index contributed by atoms with van der Waals surface area (Å²) >= 11 is 7.18. The van der Waals surface area contributed by atoms with E-state index in [9.17, 15) is 13.2 Å². The minimum atomic E-state index is -3.44. The number of nitrogens with one attached hydrogen (secondary N) is 1. The molecule has 0 saturated carbocycles. The summed E-state index contributed by atoms with van der Waals surface area (Å²) in [5.74, 6) is -0.159. The number of thiophene rings is 1. The van der Waals surface area contributed by atoms with Crippen LogP contribution in [0.5, 0.6) is 0 Å². The standard InChI is InChI=1S/C17H18ClN3O3S2/c1-20(2)26(23,24)17-6-5-14(25-17)10-19-16(22)11-21-8-7-12-3-4-13(18)9-15(12)21/h3-9H,10-11H2,1-2H3,(H,19,22). The molecule has 26 heavy (non-hydrogen) atoms. The van der Waals surface area contributed by atoms with Gasteiger partial charge in [-0.05, 0) is 35.7 Å². The number of sulfonamides is 1. The first-order chi connectivity index (χ1) is 12.3. The summed E-state index contributed by atoms with van der Waals surface area (Å²) in [5, 5.41) is 4.45. The third-order valence-corrected chi connectivity index (χ3v) is 7.48. The van der Waals surface area contributed by atoms with E-state index >= 15 is 0 Å². The molecule has 1 amide bonds. The van der Waals surface area contributed by atoms with Gasteiger partial charge in [0, 0.05) is 35.7 Å². The third-order valence-electron chi connectivity index (χ3n) is 3.88. The van der Waals surface area contributed by atoms with E-state index in [0.717, 1.165) is 27.1 Å². The van der Waals surface area contributed by atoms with Crippen LogP contribution in [0, 0.1) is 0 Å². The fraction of sp³-hybridized carbons (Fsp3) is 0.235. The lowest BCUT2D eigenvalue weighted by molar-refractivity contribution is -0.121. The second-order valence-corrected chi connectivity index (χ2v) is 9.92. The Labute approximate surface area is 161 Å². The molecule has 0 radical (unpaired) electrons. The summed E-state index contributed by atoms with van der Waals surface area (Å²) < 4.78 is 27.4. The Bertz CT molecular complexity index is 1050. The molecule has 3 aromatic rings. The van der Waals surface area contributed by atoms with Gasteiger partial charge < -0.3 is 9.88 Å². The molecule has 0 atom stereocenters. The average molecular weight is 412 g/mol. The average Bonchev–Trinajstić information content (AvgIpc) is 3.20. The van der Waals surface area contributed by atoms with Crippen LogP contribution >= 0.6 is 22.9 Å². The number of nitrogens with zero attached hydrogens (tertiary/aromatic N) is 2. The number of hydrogen-bond donors (Lipinski definition) is 1. The summed E-state index contributed by atoms with van der Waals surface area (Å²) in [7, 11) is -0.461. The van der Waals surface area contributed by atoms with Gasteiger partial charge in [0.15, 0.2) is 0 Å². The van der Waals surface area contributed by atoms with E-state index < -0.39 is 10.0 Å². The van der Waals surface area contributed by atoms with Crippen molar-refractivity contribution < 1.29 is 13.2 Å². The van der Waals surface area contributed by atoms with Gasteiger partial charge in [-0.15, -0.1) is 11.3 Å². The largest absolute Gasteiger partial charge is 0.350 e. The molecule has 0 spiro atoms. The van der Waals surface area contributed by atoms with Crippen LogP contribution in [0.1, 0.15) is 4.88 Å². The molecule has 2 heterocycles. The second kappa shape index (κ2) is 7.40. The quantitative estimate of drug-likeness (QED) is 0.677. The Morgan fingerprint density at radius 2 is 2.00 bits per heavy atom. The van der Waals surface area contributed by atoms with Gasteiger partial charge >= 0.3 is 0 Å². The van der Waals surface area contributed by atoms with Crippen molar-refractivity contribution >= 4 is 49.8 Å². The first kappa shape index (κ1) is 18.9. The molecule has 0 aliphatic rings. The predicted molar refractivity (Wildman–Crippen MR) is 104 cm³/mol. The number of hydrogen-bond acceptors (Lipinski definition) is 4. The highest BCUT2D eigenvalue weighted by Crippen LogP contribution is 2.24. The van der Waals surface area contributed by atoms with E-state index in [4.69, 9.17) is 11.6 Å². The number of carbonyl (C=O) groups is 1. The third kappa shape index (κ3) is 3.93. The predicted octanol–water partition coefficient (Wildman–Crippen LogP) is 2.92. The van der Waals surface area contributed by atoms with Crippen molar-refractivity contribution in [2.45, 2.75) is 17.3 Å². The molecule has 0 bridgehead atoms. The molecule has 138 valence electrons. The van der Waals surface area contributed by atoms with E-state index in [2.05, 4.69) is 5.32 Å². The highest BCUT2D eigenvalue weighted by atomic mass is 35.5. The topological polar surface area (TPSA) is 71.4 Å². The van der Waals surface area contributed by atoms with Crippen molar-refractivity contribution in [2.75, 3.05) is 14.1 Å². The van der Waals surface area contributed by atoms with Crippen molar-refractivity contribution in [1.29, 1.82) is 0 Å². The van der Waals surface area contributed by atoms with E-state index in [1.54, 1.807) is 12.1 Å². The molecule has 2 aromatic heterocycles. The van der Waals surface area contributed by atoms with Crippen molar-refractivity contribution in [3.8, 4) is 0 Å². The van der Waals surface area contributed by atoms with Gasteiger partial charge in [-0.25, -0.2) is 12.7 Å². The van der Waals surface area contributed by atoms with Crippen LogP contribution in [0.15, 0.2) is 46.8 Å². The summed E-state index contributed by atoms with van der Waals surface area (Å²) in [6.45, 7) is 0.449. The SMILES string of the molecule is CN(C)S(=O)(=O)c1ccc(CNC(=O)Cn2ccc3ccc(Cl)cc32)s1. The zero-order chi connectivity index (χ0) is 18.9. The lowest BCUT2D eigenvalue weighted by atomic mass is 10.2. The summed E-state index contributed by atoms with van der Waals surface area (Å²) in [5.41, 5.74) is 0.892. The number of carbonyl (C=O) groups excluding carboxylic acids is 1. The molecule has 9 heteroatoms.